The molecule has 0 aliphatic rings. The zero-order valence-electron chi connectivity index (χ0n) is 12.4. The molecule has 0 radical (unpaired) electrons. The van der Waals surface area contributed by atoms with Crippen LogP contribution in [0.4, 0.5) is 0 Å². The van der Waals surface area contributed by atoms with Gasteiger partial charge in [0, 0.05) is 18.1 Å². The fourth-order valence-corrected chi connectivity index (χ4v) is 2.24. The quantitative estimate of drug-likeness (QED) is 0.841. The molecule has 0 saturated carbocycles. The number of benzene rings is 1. The summed E-state index contributed by atoms with van der Waals surface area (Å²) >= 11 is 5.98. The minimum atomic E-state index is -0.521. The van der Waals surface area contributed by atoms with E-state index in [9.17, 15) is 4.79 Å². The summed E-state index contributed by atoms with van der Waals surface area (Å²) in [6.07, 6.45) is 0.148. The summed E-state index contributed by atoms with van der Waals surface area (Å²) in [4.78, 5) is 13.9. The monoisotopic (exact) mass is 298 g/mol. The van der Waals surface area contributed by atoms with Gasteiger partial charge in [-0.25, -0.2) is 0 Å². The van der Waals surface area contributed by atoms with Gasteiger partial charge in [-0.15, -0.1) is 0 Å². The summed E-state index contributed by atoms with van der Waals surface area (Å²) in [5, 5.41) is 0.642. The van der Waals surface area contributed by atoms with Crippen molar-refractivity contribution in [2.45, 2.75) is 33.3 Å². The Balaban J connectivity index is 2.84. The topological polar surface area (TPSA) is 55.6 Å². The molecule has 0 saturated heterocycles. The van der Waals surface area contributed by atoms with Crippen LogP contribution in [0.3, 0.4) is 0 Å². The molecule has 0 heterocycles. The maximum atomic E-state index is 12.2. The van der Waals surface area contributed by atoms with E-state index in [0.717, 1.165) is 5.56 Å². The second kappa shape index (κ2) is 8.12. The molecule has 2 N–H and O–H groups in total. The molecule has 0 spiro atoms. The van der Waals surface area contributed by atoms with Gasteiger partial charge < -0.3 is 15.4 Å². The van der Waals surface area contributed by atoms with Crippen molar-refractivity contribution >= 4 is 17.5 Å². The summed E-state index contributed by atoms with van der Waals surface area (Å²) in [5.74, 6) is 0.663. The molecule has 1 unspecified atom stereocenters. The Bertz CT molecular complexity index is 447. The lowest BCUT2D eigenvalue weighted by atomic mass is 10.1. The average Bonchev–Trinajstić information content (AvgIpc) is 2.43. The minimum absolute atomic E-state index is 0.0105. The van der Waals surface area contributed by atoms with Crippen LogP contribution in [-0.2, 0) is 11.2 Å². The number of hydrogen-bond acceptors (Lipinski definition) is 3. The van der Waals surface area contributed by atoms with Crippen molar-refractivity contribution in [1.29, 1.82) is 0 Å². The van der Waals surface area contributed by atoms with Gasteiger partial charge in [-0.1, -0.05) is 11.6 Å². The number of halogens is 1. The lowest BCUT2D eigenvalue weighted by molar-refractivity contribution is -0.137. The molecular formula is C15H23ClN2O2. The van der Waals surface area contributed by atoms with Crippen LogP contribution in [0.2, 0.25) is 5.02 Å². The third-order valence-electron chi connectivity index (χ3n) is 3.16. The van der Waals surface area contributed by atoms with Gasteiger partial charge in [0.05, 0.1) is 0 Å². The molecule has 5 heteroatoms. The van der Waals surface area contributed by atoms with Gasteiger partial charge in [0.25, 0.3) is 5.91 Å². The SMILES string of the molecule is CCN(CC)C(=O)C(C)Oc1ccc(Cl)cc1CCN. The summed E-state index contributed by atoms with van der Waals surface area (Å²) in [5.41, 5.74) is 6.52. The van der Waals surface area contributed by atoms with E-state index in [1.54, 1.807) is 24.0 Å². The number of carbonyl (C=O) groups excluding carboxylic acids is 1. The van der Waals surface area contributed by atoms with Crippen LogP contribution >= 0.6 is 11.6 Å². The highest BCUT2D eigenvalue weighted by Gasteiger charge is 2.20. The van der Waals surface area contributed by atoms with Gasteiger partial charge in [-0.2, -0.15) is 0 Å². The summed E-state index contributed by atoms with van der Waals surface area (Å²) in [6.45, 7) is 7.54. The number of ether oxygens (including phenoxy) is 1. The Hall–Kier alpha value is -1.26. The van der Waals surface area contributed by atoms with E-state index in [2.05, 4.69) is 0 Å². The van der Waals surface area contributed by atoms with Gasteiger partial charge in [0.1, 0.15) is 5.75 Å². The third-order valence-corrected chi connectivity index (χ3v) is 3.40. The van der Waals surface area contributed by atoms with Crippen LogP contribution in [-0.4, -0.2) is 36.5 Å². The fourth-order valence-electron chi connectivity index (χ4n) is 2.05. The molecule has 20 heavy (non-hydrogen) atoms. The van der Waals surface area contributed by atoms with Gasteiger partial charge in [0.15, 0.2) is 6.10 Å². The van der Waals surface area contributed by atoms with Gasteiger partial charge in [-0.3, -0.25) is 4.79 Å². The Morgan fingerprint density at radius 3 is 2.60 bits per heavy atom. The molecule has 1 aromatic rings. The van der Waals surface area contributed by atoms with E-state index in [1.165, 1.54) is 0 Å². The lowest BCUT2D eigenvalue weighted by Gasteiger charge is -2.24. The zero-order chi connectivity index (χ0) is 15.1. The molecule has 0 bridgehead atoms. The van der Waals surface area contributed by atoms with E-state index in [-0.39, 0.29) is 5.91 Å². The number of amides is 1. The molecule has 1 rings (SSSR count). The highest BCUT2D eigenvalue weighted by Crippen LogP contribution is 2.24. The number of hydrogen-bond donors (Lipinski definition) is 1. The molecule has 4 nitrogen and oxygen atoms in total. The van der Waals surface area contributed by atoms with E-state index >= 15 is 0 Å². The second-order valence-corrected chi connectivity index (χ2v) is 5.00. The van der Waals surface area contributed by atoms with Gasteiger partial charge in [-0.05, 0) is 57.5 Å². The van der Waals surface area contributed by atoms with Crippen LogP contribution in [0.1, 0.15) is 26.3 Å². The summed E-state index contributed by atoms with van der Waals surface area (Å²) in [7, 11) is 0. The smallest absolute Gasteiger partial charge is 0.263 e. The molecule has 1 amide bonds. The number of nitrogens with zero attached hydrogens (tertiary/aromatic N) is 1. The van der Waals surface area contributed by atoms with E-state index in [4.69, 9.17) is 22.1 Å². The van der Waals surface area contributed by atoms with E-state index in [0.29, 0.717) is 36.8 Å². The average molecular weight is 299 g/mol. The van der Waals surface area contributed by atoms with Crippen molar-refractivity contribution in [1.82, 2.24) is 4.90 Å². The van der Waals surface area contributed by atoms with Gasteiger partial charge >= 0.3 is 0 Å². The van der Waals surface area contributed by atoms with Crippen LogP contribution in [0.15, 0.2) is 18.2 Å². The van der Waals surface area contributed by atoms with Crippen molar-refractivity contribution in [3.05, 3.63) is 28.8 Å². The molecule has 0 aliphatic carbocycles. The standard InChI is InChI=1S/C15H23ClN2O2/c1-4-18(5-2)15(19)11(3)20-14-7-6-13(16)10-12(14)8-9-17/h6-7,10-11H,4-5,8-9,17H2,1-3H3. The predicted molar refractivity (Wildman–Crippen MR) is 82.2 cm³/mol. The lowest BCUT2D eigenvalue weighted by Crippen LogP contribution is -2.40. The number of rotatable bonds is 7. The first-order valence-corrected chi connectivity index (χ1v) is 7.35. The van der Waals surface area contributed by atoms with Crippen molar-refractivity contribution in [3.63, 3.8) is 0 Å². The van der Waals surface area contributed by atoms with Gasteiger partial charge in [0.2, 0.25) is 0 Å². The predicted octanol–water partition coefficient (Wildman–Crippen LogP) is 2.48. The first-order chi connectivity index (χ1) is 9.53. The second-order valence-electron chi connectivity index (χ2n) is 4.56. The van der Waals surface area contributed by atoms with Crippen molar-refractivity contribution in [2.24, 2.45) is 5.73 Å². The highest BCUT2D eigenvalue weighted by atomic mass is 35.5. The third kappa shape index (κ3) is 4.39. The van der Waals surface area contributed by atoms with E-state index < -0.39 is 6.10 Å². The number of carbonyl (C=O) groups is 1. The molecular weight excluding hydrogens is 276 g/mol. The van der Waals surface area contributed by atoms with Crippen molar-refractivity contribution in [2.75, 3.05) is 19.6 Å². The van der Waals surface area contributed by atoms with Crippen LogP contribution in [0.25, 0.3) is 0 Å². The van der Waals surface area contributed by atoms with E-state index in [1.807, 2.05) is 19.9 Å². The highest BCUT2D eigenvalue weighted by molar-refractivity contribution is 6.30. The van der Waals surface area contributed by atoms with Crippen molar-refractivity contribution < 1.29 is 9.53 Å². The molecule has 112 valence electrons. The summed E-state index contributed by atoms with van der Waals surface area (Å²) < 4.78 is 5.79. The molecule has 1 aromatic carbocycles. The van der Waals surface area contributed by atoms with Crippen molar-refractivity contribution in [3.8, 4) is 5.75 Å². The largest absolute Gasteiger partial charge is 0.481 e. The summed E-state index contributed by atoms with van der Waals surface area (Å²) in [6, 6.07) is 5.38. The molecule has 0 aliphatic heterocycles. The first-order valence-electron chi connectivity index (χ1n) is 6.97. The molecule has 0 aromatic heterocycles. The molecule has 1 atom stereocenters. The normalized spacial score (nSPS) is 12.1. The Morgan fingerprint density at radius 1 is 1.40 bits per heavy atom. The number of nitrogens with two attached hydrogens (primary N) is 1. The van der Waals surface area contributed by atoms with Crippen LogP contribution < -0.4 is 10.5 Å². The van der Waals surface area contributed by atoms with Crippen LogP contribution in [0, 0.1) is 0 Å². The first kappa shape index (κ1) is 16.8. The maximum Gasteiger partial charge on any atom is 0.263 e. The fraction of sp³-hybridized carbons (Fsp3) is 0.533. The number of likely N-dealkylation sites (N-methyl/N-ethyl adjacent to an activating group) is 1. The Kier molecular flexibility index (Phi) is 6.82. The Morgan fingerprint density at radius 2 is 2.05 bits per heavy atom. The Labute approximate surface area is 125 Å². The zero-order valence-corrected chi connectivity index (χ0v) is 13.1. The maximum absolute atomic E-state index is 12.2. The molecule has 0 fully saturated rings. The minimum Gasteiger partial charge on any atom is -0.481 e. The van der Waals surface area contributed by atoms with Crippen LogP contribution in [0.5, 0.6) is 5.75 Å².